The second kappa shape index (κ2) is 6.53. The number of aromatic amines is 1. The van der Waals surface area contributed by atoms with Crippen LogP contribution in [-0.2, 0) is 6.61 Å². The first-order chi connectivity index (χ1) is 11.4. The number of rotatable bonds is 4. The Balaban J connectivity index is 1.83. The molecule has 2 atom stereocenters. The van der Waals surface area contributed by atoms with Gasteiger partial charge in [-0.05, 0) is 44.1 Å². The van der Waals surface area contributed by atoms with Gasteiger partial charge in [0.2, 0.25) is 0 Å². The van der Waals surface area contributed by atoms with Crippen LogP contribution in [0, 0.1) is 11.8 Å². The van der Waals surface area contributed by atoms with Gasteiger partial charge in [0.25, 0.3) is 5.91 Å². The molecule has 0 bridgehead atoms. The number of aliphatic hydroxyl groups is 1. The third-order valence-electron chi connectivity index (χ3n) is 5.07. The van der Waals surface area contributed by atoms with Crippen LogP contribution in [0.5, 0.6) is 0 Å². The molecule has 6 heteroatoms. The maximum absolute atomic E-state index is 12.9. The third-order valence-corrected chi connectivity index (χ3v) is 5.07. The van der Waals surface area contributed by atoms with E-state index < -0.39 is 0 Å². The fourth-order valence-electron chi connectivity index (χ4n) is 3.63. The fourth-order valence-corrected chi connectivity index (χ4v) is 3.63. The van der Waals surface area contributed by atoms with Crippen LogP contribution < -0.4 is 0 Å². The van der Waals surface area contributed by atoms with E-state index >= 15 is 0 Å². The summed E-state index contributed by atoms with van der Waals surface area (Å²) in [6.07, 6.45) is 0. The average Bonchev–Trinajstić information content (AvgIpc) is 3.17. The summed E-state index contributed by atoms with van der Waals surface area (Å²) in [5.74, 6) is 1.61. The Labute approximate surface area is 142 Å². The standard InChI is InChI=1S/C18H26N4O2/c1-11(2)13-8-22(9-16(13)21(3)4)18(24)12-5-6-14-15(7-12)20-17(10-23)19-14/h5-7,11,13,16,23H,8-10H2,1-4H3,(H,19,20)/t13-,16+/m0/s1. The van der Waals surface area contributed by atoms with E-state index in [0.717, 1.165) is 24.1 Å². The Bertz CT molecular complexity index is 722. The lowest BCUT2D eigenvalue weighted by molar-refractivity contribution is 0.0780. The number of amides is 1. The molecule has 0 saturated carbocycles. The van der Waals surface area contributed by atoms with Gasteiger partial charge < -0.3 is 19.9 Å². The van der Waals surface area contributed by atoms with Gasteiger partial charge in [-0.15, -0.1) is 0 Å². The molecule has 24 heavy (non-hydrogen) atoms. The van der Waals surface area contributed by atoms with Gasteiger partial charge in [-0.3, -0.25) is 4.79 Å². The highest BCUT2D eigenvalue weighted by Crippen LogP contribution is 2.28. The summed E-state index contributed by atoms with van der Waals surface area (Å²) in [5.41, 5.74) is 2.22. The molecule has 2 N–H and O–H groups in total. The molecule has 0 radical (unpaired) electrons. The predicted octanol–water partition coefficient (Wildman–Crippen LogP) is 1.71. The van der Waals surface area contributed by atoms with Crippen molar-refractivity contribution in [2.24, 2.45) is 11.8 Å². The molecular weight excluding hydrogens is 304 g/mol. The fraction of sp³-hybridized carbons (Fsp3) is 0.556. The van der Waals surface area contributed by atoms with Crippen LogP contribution in [0.1, 0.15) is 30.0 Å². The first-order valence-electron chi connectivity index (χ1n) is 8.46. The molecule has 130 valence electrons. The van der Waals surface area contributed by atoms with Gasteiger partial charge in [0.15, 0.2) is 0 Å². The summed E-state index contributed by atoms with van der Waals surface area (Å²) in [5, 5.41) is 9.18. The molecule has 1 aliphatic rings. The molecule has 0 spiro atoms. The zero-order valence-corrected chi connectivity index (χ0v) is 14.8. The number of H-pyrrole nitrogens is 1. The Morgan fingerprint density at radius 1 is 1.42 bits per heavy atom. The van der Waals surface area contributed by atoms with Crippen LogP contribution in [0.4, 0.5) is 0 Å². The molecule has 1 aromatic heterocycles. The zero-order chi connectivity index (χ0) is 17.4. The van der Waals surface area contributed by atoms with E-state index in [1.165, 1.54) is 0 Å². The summed E-state index contributed by atoms with van der Waals surface area (Å²) in [6, 6.07) is 5.88. The zero-order valence-electron chi connectivity index (χ0n) is 14.8. The highest BCUT2D eigenvalue weighted by atomic mass is 16.3. The summed E-state index contributed by atoms with van der Waals surface area (Å²) in [4.78, 5) is 24.4. The topological polar surface area (TPSA) is 72.5 Å². The molecule has 2 heterocycles. The van der Waals surface area contributed by atoms with Gasteiger partial charge in [-0.25, -0.2) is 4.98 Å². The molecule has 1 saturated heterocycles. The van der Waals surface area contributed by atoms with E-state index in [-0.39, 0.29) is 12.5 Å². The summed E-state index contributed by atoms with van der Waals surface area (Å²) in [6.45, 7) is 5.87. The van der Waals surface area contributed by atoms with Crippen LogP contribution in [0.25, 0.3) is 11.0 Å². The maximum atomic E-state index is 12.9. The number of hydrogen-bond donors (Lipinski definition) is 2. The summed E-state index contributed by atoms with van der Waals surface area (Å²) < 4.78 is 0. The second-order valence-electron chi connectivity index (χ2n) is 7.22. The van der Waals surface area contributed by atoms with Gasteiger partial charge in [-0.2, -0.15) is 0 Å². The highest BCUT2D eigenvalue weighted by molar-refractivity contribution is 5.97. The van der Waals surface area contributed by atoms with Crippen molar-refractivity contribution in [2.45, 2.75) is 26.5 Å². The normalized spacial score (nSPS) is 21.4. The quantitative estimate of drug-likeness (QED) is 0.895. The second-order valence-corrected chi connectivity index (χ2v) is 7.22. The molecule has 2 aromatic rings. The van der Waals surface area contributed by atoms with Crippen molar-refractivity contribution in [2.75, 3.05) is 27.2 Å². The van der Waals surface area contributed by atoms with Crippen molar-refractivity contribution in [3.05, 3.63) is 29.6 Å². The van der Waals surface area contributed by atoms with Gasteiger partial charge in [0, 0.05) is 24.7 Å². The predicted molar refractivity (Wildman–Crippen MR) is 93.7 cm³/mol. The summed E-state index contributed by atoms with van der Waals surface area (Å²) in [7, 11) is 4.17. The van der Waals surface area contributed by atoms with Crippen molar-refractivity contribution in [3.63, 3.8) is 0 Å². The van der Waals surface area contributed by atoms with E-state index in [9.17, 15) is 9.90 Å². The van der Waals surface area contributed by atoms with Gasteiger partial charge >= 0.3 is 0 Å². The number of carbonyl (C=O) groups is 1. The van der Waals surface area contributed by atoms with Crippen molar-refractivity contribution >= 4 is 16.9 Å². The lowest BCUT2D eigenvalue weighted by Crippen LogP contribution is -2.37. The first kappa shape index (κ1) is 16.9. The van der Waals surface area contributed by atoms with Crippen LogP contribution in [0.15, 0.2) is 18.2 Å². The molecule has 0 aliphatic carbocycles. The molecule has 1 amide bonds. The van der Waals surface area contributed by atoms with Crippen LogP contribution in [-0.4, -0.2) is 64.0 Å². The largest absolute Gasteiger partial charge is 0.388 e. The van der Waals surface area contributed by atoms with Crippen LogP contribution in [0.2, 0.25) is 0 Å². The molecule has 1 aromatic carbocycles. The van der Waals surface area contributed by atoms with Crippen molar-refractivity contribution in [3.8, 4) is 0 Å². The van der Waals surface area contributed by atoms with Crippen LogP contribution in [0.3, 0.4) is 0 Å². The molecular formula is C18H26N4O2. The highest BCUT2D eigenvalue weighted by Gasteiger charge is 2.38. The number of aromatic nitrogens is 2. The number of fused-ring (bicyclic) bond motifs is 1. The number of hydrogen-bond acceptors (Lipinski definition) is 4. The monoisotopic (exact) mass is 330 g/mol. The number of benzene rings is 1. The lowest BCUT2D eigenvalue weighted by Gasteiger charge is -2.27. The minimum Gasteiger partial charge on any atom is -0.388 e. The Morgan fingerprint density at radius 3 is 2.75 bits per heavy atom. The maximum Gasteiger partial charge on any atom is 0.253 e. The first-order valence-corrected chi connectivity index (χ1v) is 8.46. The Hall–Kier alpha value is -1.92. The molecule has 0 unspecified atom stereocenters. The van der Waals surface area contributed by atoms with Gasteiger partial charge in [-0.1, -0.05) is 13.8 Å². The lowest BCUT2D eigenvalue weighted by atomic mass is 9.91. The number of imidazole rings is 1. The number of likely N-dealkylation sites (N-methyl/N-ethyl adjacent to an activating group) is 1. The number of likely N-dealkylation sites (tertiary alicyclic amines) is 1. The van der Waals surface area contributed by atoms with Gasteiger partial charge in [0.05, 0.1) is 11.0 Å². The Kier molecular flexibility index (Phi) is 4.60. The van der Waals surface area contributed by atoms with Crippen molar-refractivity contribution < 1.29 is 9.90 Å². The minimum atomic E-state index is -0.134. The van der Waals surface area contributed by atoms with E-state index in [0.29, 0.717) is 29.3 Å². The number of nitrogens with one attached hydrogen (secondary N) is 1. The molecule has 1 aliphatic heterocycles. The smallest absolute Gasteiger partial charge is 0.253 e. The van der Waals surface area contributed by atoms with Crippen molar-refractivity contribution in [1.29, 1.82) is 0 Å². The number of aliphatic hydroxyl groups excluding tert-OH is 1. The van der Waals surface area contributed by atoms with E-state index in [1.54, 1.807) is 0 Å². The van der Waals surface area contributed by atoms with Crippen LogP contribution >= 0.6 is 0 Å². The van der Waals surface area contributed by atoms with Crippen molar-refractivity contribution in [1.82, 2.24) is 19.8 Å². The SMILES string of the molecule is CC(C)[C@@H]1CN(C(=O)c2ccc3nc(CO)[nH]c3c2)C[C@H]1N(C)C. The van der Waals surface area contributed by atoms with Gasteiger partial charge in [0.1, 0.15) is 12.4 Å². The third kappa shape index (κ3) is 3.03. The van der Waals surface area contributed by atoms with E-state index in [2.05, 4.69) is 42.8 Å². The number of carbonyl (C=O) groups excluding carboxylic acids is 1. The average molecular weight is 330 g/mol. The van der Waals surface area contributed by atoms with E-state index in [1.807, 2.05) is 23.1 Å². The summed E-state index contributed by atoms with van der Waals surface area (Å²) >= 11 is 0. The number of nitrogens with zero attached hydrogens (tertiary/aromatic N) is 3. The molecule has 3 rings (SSSR count). The Morgan fingerprint density at radius 2 is 2.17 bits per heavy atom. The minimum absolute atomic E-state index is 0.0621. The van der Waals surface area contributed by atoms with E-state index in [4.69, 9.17) is 0 Å². The molecule has 1 fully saturated rings. The molecule has 6 nitrogen and oxygen atoms in total.